The number of methoxy groups -OCH3 is 1. The van der Waals surface area contributed by atoms with Crippen molar-refractivity contribution in [1.29, 1.82) is 0 Å². The molecule has 4 aromatic rings. The third-order valence-corrected chi connectivity index (χ3v) is 12.8. The minimum absolute atomic E-state index is 0.111. The van der Waals surface area contributed by atoms with Crippen LogP contribution in [0.5, 0.6) is 5.75 Å². The SMILES string of the molecule is CC[C@H](C)[C@H](N)C(=O)N(c1cccc([N+](=O)[O-])c1[N+](=O)[O-])[C@@H](Cc1cnc[nH]1)C(=O)N1CCC[C@H]1C(=O)[N+](C)(C(=O)[C@H](Cc1ccc(OCc2ccccc2)cc1)NC(=O)OC(C)(C)C)[C@H](C(=O)OC)[C@@H](C)O. The molecule has 23 heteroatoms. The molecule has 5 rings (SSSR count). The summed E-state index contributed by atoms with van der Waals surface area (Å²) < 4.78 is 15.0. The monoisotopic (exact) mass is 1010 g/mol. The second kappa shape index (κ2) is 24.2. The van der Waals surface area contributed by atoms with Gasteiger partial charge in [-0.3, -0.25) is 34.7 Å². The van der Waals surface area contributed by atoms with Gasteiger partial charge in [0.2, 0.25) is 17.9 Å². The van der Waals surface area contributed by atoms with Gasteiger partial charge < -0.3 is 40.3 Å². The number of hydrogen-bond donors (Lipinski definition) is 4. The van der Waals surface area contributed by atoms with E-state index in [0.717, 1.165) is 54.6 Å². The summed E-state index contributed by atoms with van der Waals surface area (Å²) in [5, 5.41) is 39.0. The van der Waals surface area contributed by atoms with Crippen molar-refractivity contribution in [1.82, 2.24) is 20.2 Å². The molecular weight excluding hydrogens is 951 g/mol. The summed E-state index contributed by atoms with van der Waals surface area (Å²) in [7, 11) is 2.06. The van der Waals surface area contributed by atoms with Gasteiger partial charge in [0.25, 0.3) is 0 Å². The maximum Gasteiger partial charge on any atom is 0.408 e. The maximum atomic E-state index is 15.7. The Hall–Kier alpha value is -7.63. The molecule has 23 nitrogen and oxygen atoms in total. The Morgan fingerprint density at radius 3 is 2.21 bits per heavy atom. The number of para-hydroxylation sites is 1. The molecule has 0 spiro atoms. The van der Waals surface area contributed by atoms with E-state index in [-0.39, 0.29) is 38.1 Å². The molecule has 3 aromatic carbocycles. The Morgan fingerprint density at radius 2 is 1.64 bits per heavy atom. The van der Waals surface area contributed by atoms with Crippen LogP contribution in [0.15, 0.2) is 85.3 Å². The molecule has 1 unspecified atom stereocenters. The highest BCUT2D eigenvalue weighted by atomic mass is 16.6. The van der Waals surface area contributed by atoms with Gasteiger partial charge in [0.05, 0.1) is 36.4 Å². The molecule has 0 radical (unpaired) electrons. The second-order valence-corrected chi connectivity index (χ2v) is 19.0. The number of likely N-dealkylation sites (tertiary alicyclic amines) is 1. The number of imidazole rings is 1. The lowest BCUT2D eigenvalue weighted by Crippen LogP contribution is -2.73. The van der Waals surface area contributed by atoms with Gasteiger partial charge in [0.1, 0.15) is 41.8 Å². The van der Waals surface area contributed by atoms with Gasteiger partial charge >= 0.3 is 35.3 Å². The van der Waals surface area contributed by atoms with Crippen LogP contribution in [0.2, 0.25) is 0 Å². The lowest BCUT2D eigenvalue weighted by atomic mass is 9.96. The van der Waals surface area contributed by atoms with Gasteiger partial charge in [0.15, 0.2) is 6.04 Å². The third kappa shape index (κ3) is 13.3. The summed E-state index contributed by atoms with van der Waals surface area (Å²) in [6.45, 7) is 9.38. The number of nitro groups is 2. The zero-order valence-corrected chi connectivity index (χ0v) is 42.1. The van der Waals surface area contributed by atoms with E-state index in [0.29, 0.717) is 17.7 Å². The number of aromatic nitrogens is 2. The molecule has 73 heavy (non-hydrogen) atoms. The quantitative estimate of drug-likeness (QED) is 0.0381. The number of amides is 5. The highest BCUT2D eigenvalue weighted by molar-refractivity contribution is 6.06. The minimum atomic E-state index is -2.00. The van der Waals surface area contributed by atoms with Crippen LogP contribution in [-0.2, 0) is 52.9 Å². The summed E-state index contributed by atoms with van der Waals surface area (Å²) in [4.78, 5) is 121. The van der Waals surface area contributed by atoms with E-state index in [2.05, 4.69) is 15.3 Å². The van der Waals surface area contributed by atoms with E-state index in [1.807, 2.05) is 30.3 Å². The molecule has 392 valence electrons. The van der Waals surface area contributed by atoms with Gasteiger partial charge in [-0.15, -0.1) is 0 Å². The number of anilines is 1. The van der Waals surface area contributed by atoms with Crippen LogP contribution >= 0.6 is 0 Å². The number of nitrogens with zero attached hydrogens (tertiary/aromatic N) is 6. The molecule has 1 aromatic heterocycles. The Kier molecular flexibility index (Phi) is 18.7. The fraction of sp³-hybridized carbons (Fsp3) is 0.460. The van der Waals surface area contributed by atoms with Crippen molar-refractivity contribution in [3.8, 4) is 5.75 Å². The minimum Gasteiger partial charge on any atom is -0.489 e. The van der Waals surface area contributed by atoms with E-state index in [1.54, 1.807) is 58.9 Å². The molecular formula is C50H64N9O14+. The van der Waals surface area contributed by atoms with Crippen LogP contribution in [0.4, 0.5) is 21.9 Å². The fourth-order valence-corrected chi connectivity index (χ4v) is 8.84. The van der Waals surface area contributed by atoms with Crippen LogP contribution in [0, 0.1) is 26.1 Å². The van der Waals surface area contributed by atoms with Crippen molar-refractivity contribution in [2.24, 2.45) is 11.7 Å². The first kappa shape index (κ1) is 56.3. The molecule has 2 heterocycles. The van der Waals surface area contributed by atoms with E-state index >= 15 is 14.4 Å². The lowest BCUT2D eigenvalue weighted by Gasteiger charge is -2.41. The molecule has 0 aliphatic carbocycles. The summed E-state index contributed by atoms with van der Waals surface area (Å²) in [6, 6.07) is 10.5. The molecule has 0 saturated carbocycles. The maximum absolute atomic E-state index is 15.7. The number of nitrogens with two attached hydrogens (primary N) is 1. The van der Waals surface area contributed by atoms with Crippen LogP contribution in [-0.4, -0.2) is 133 Å². The fourth-order valence-electron chi connectivity index (χ4n) is 8.84. The number of rotatable bonds is 21. The number of benzene rings is 3. The summed E-state index contributed by atoms with van der Waals surface area (Å²) in [5.41, 5.74) is 4.32. The van der Waals surface area contributed by atoms with Gasteiger partial charge in [-0.2, -0.15) is 4.48 Å². The molecule has 1 aliphatic heterocycles. The first-order chi connectivity index (χ1) is 34.4. The number of esters is 1. The predicted octanol–water partition coefficient (Wildman–Crippen LogP) is 4.67. The number of aliphatic hydroxyl groups is 1. The van der Waals surface area contributed by atoms with Crippen molar-refractivity contribution in [3.63, 3.8) is 0 Å². The number of hydrogen-bond acceptors (Lipinski definition) is 16. The number of alkyl carbamates (subject to hydrolysis) is 1. The number of aliphatic hydroxyl groups excluding tert-OH is 1. The summed E-state index contributed by atoms with van der Waals surface area (Å²) in [5.74, 6) is -5.54. The molecule has 1 fully saturated rings. The van der Waals surface area contributed by atoms with Crippen molar-refractivity contribution in [3.05, 3.63) is 122 Å². The number of likely N-dealkylation sites (N-methyl/N-ethyl adjacent to an activating group) is 1. The van der Waals surface area contributed by atoms with E-state index < -0.39 is 121 Å². The van der Waals surface area contributed by atoms with Crippen LogP contribution in [0.25, 0.3) is 0 Å². The average molecular weight is 1020 g/mol. The van der Waals surface area contributed by atoms with E-state index in [1.165, 1.54) is 12.5 Å². The highest BCUT2D eigenvalue weighted by Crippen LogP contribution is 2.40. The van der Waals surface area contributed by atoms with Gasteiger partial charge in [-0.05, 0) is 75.8 Å². The zero-order chi connectivity index (χ0) is 53.9. The Labute approximate surface area is 421 Å². The van der Waals surface area contributed by atoms with E-state index in [9.17, 15) is 39.7 Å². The number of quaternary nitrogens is 1. The standard InChI is InChI=1S/C50H63N9O14/c1-9-30(2)41(51)45(62)56(37-17-13-18-38(57(67)68)42(37)58(69)70)40(26-34-27-52-29-53-34)44(61)55-24-14-19-39(55)47(64)59(7,43(31(3)60)48(65)71-8)46(63)36(54-49(66)73-50(4,5)6)25-32-20-22-35(23-21-32)72-28-33-15-11-10-12-16-33/h10-13,15-18,20-23,27,29-31,36,39-41,43,60H,9,14,19,24-26,28,51H2,1-8H3,(H-,52,53,54,66)/p+1/t30-,31+,36-,39-,40-,41-,43-,59?/m0/s1. The molecule has 8 atom stereocenters. The Balaban J connectivity index is 1.65. The normalized spacial score (nSPS) is 16.8. The van der Waals surface area contributed by atoms with Crippen molar-refractivity contribution >= 4 is 52.8 Å². The van der Waals surface area contributed by atoms with Gasteiger partial charge in [-0.1, -0.05) is 68.8 Å². The first-order valence-corrected chi connectivity index (χ1v) is 23.7. The smallest absolute Gasteiger partial charge is 0.408 e. The first-order valence-electron chi connectivity index (χ1n) is 23.7. The predicted molar refractivity (Wildman–Crippen MR) is 263 cm³/mol. The van der Waals surface area contributed by atoms with Crippen LogP contribution < -0.4 is 20.7 Å². The molecule has 0 bridgehead atoms. The Morgan fingerprint density at radius 1 is 0.973 bits per heavy atom. The lowest BCUT2D eigenvalue weighted by molar-refractivity contribution is -0.783. The molecule has 5 amide bonds. The number of carbonyl (C=O) groups excluding carboxylic acids is 6. The second-order valence-electron chi connectivity index (χ2n) is 19.0. The van der Waals surface area contributed by atoms with Gasteiger partial charge in [-0.25, -0.2) is 24.2 Å². The topological polar surface area (TPSA) is 310 Å². The largest absolute Gasteiger partial charge is 0.489 e. The van der Waals surface area contributed by atoms with Crippen molar-refractivity contribution in [2.45, 2.75) is 122 Å². The number of imide groups is 1. The third-order valence-electron chi connectivity index (χ3n) is 12.8. The molecule has 1 aliphatic rings. The number of carbonyl (C=O) groups is 6. The number of ether oxygens (including phenoxy) is 3. The summed E-state index contributed by atoms with van der Waals surface area (Å²) >= 11 is 0. The van der Waals surface area contributed by atoms with Crippen LogP contribution in [0.1, 0.15) is 77.6 Å². The average Bonchev–Trinajstić information content (AvgIpc) is 4.07. The Bertz CT molecular complexity index is 2620. The number of nitrogens with one attached hydrogen (secondary N) is 2. The molecule has 5 N–H and O–H groups in total. The number of aromatic amines is 1. The number of nitro benzene ring substituents is 2. The summed E-state index contributed by atoms with van der Waals surface area (Å²) in [6.07, 6.45) is -0.663. The van der Waals surface area contributed by atoms with Crippen molar-refractivity contribution < 1.29 is 62.4 Å². The van der Waals surface area contributed by atoms with Crippen LogP contribution in [0.3, 0.4) is 0 Å². The van der Waals surface area contributed by atoms with Gasteiger partial charge in [0, 0.05) is 37.3 Å². The highest BCUT2D eigenvalue weighted by Gasteiger charge is 2.60. The van der Waals surface area contributed by atoms with E-state index in [4.69, 9.17) is 19.9 Å². The molecule has 1 saturated heterocycles. The zero-order valence-electron chi connectivity index (χ0n) is 42.1. The number of H-pyrrole nitrogens is 1. The van der Waals surface area contributed by atoms with Crippen molar-refractivity contribution in [2.75, 3.05) is 25.6 Å².